The number of ether oxygens (including phenoxy) is 2. The van der Waals surface area contributed by atoms with Gasteiger partial charge in [0.05, 0.1) is 54.4 Å². The molecule has 4 aliphatic heterocycles. The van der Waals surface area contributed by atoms with E-state index in [0.29, 0.717) is 61.4 Å². The van der Waals surface area contributed by atoms with Crippen LogP contribution in [0.2, 0.25) is 20.6 Å². The Morgan fingerprint density at radius 1 is 0.655 bits per heavy atom. The van der Waals surface area contributed by atoms with Crippen molar-refractivity contribution in [1.82, 2.24) is 19.9 Å². The molecule has 2 saturated heterocycles. The Hall–Kier alpha value is -3.92. The van der Waals surface area contributed by atoms with Crippen molar-refractivity contribution >= 4 is 106 Å². The number of nitrogens with two attached hydrogens (primary N) is 1. The molecule has 16 nitrogen and oxygen atoms in total. The molecule has 4 aromatic heterocycles. The molecule has 24 heteroatoms. The Morgan fingerprint density at radius 2 is 1.07 bits per heavy atom. The number of carbonyl (C=O) groups is 4. The molecule has 8 aliphatic rings. The maximum absolute atomic E-state index is 16.0. The molecule has 4 aliphatic carbocycles. The number of nitrogens with one attached hydrogen (secondary N) is 2. The van der Waals surface area contributed by atoms with Crippen LogP contribution < -0.4 is 16.4 Å². The second kappa shape index (κ2) is 26.4. The molecule has 6 fully saturated rings. The monoisotopic (exact) mass is 1330 g/mol. The Labute approximate surface area is 539 Å². The molecule has 4 spiro atoms. The van der Waals surface area contributed by atoms with E-state index in [-0.39, 0.29) is 128 Å². The molecule has 4 aromatic rings. The van der Waals surface area contributed by atoms with Gasteiger partial charge in [-0.3, -0.25) is 19.2 Å². The number of ketones is 1. The first-order chi connectivity index (χ1) is 40.1. The van der Waals surface area contributed by atoms with Gasteiger partial charge in [0.15, 0.2) is 21.9 Å². The highest BCUT2D eigenvalue weighted by Crippen LogP contribution is 2.74. The van der Waals surface area contributed by atoms with Crippen LogP contribution in [0.4, 0.5) is 20.2 Å². The zero-order chi connectivity index (χ0) is 61.3. The fraction of sp³-hybridized carbons (Fsp3) is 0.619. The summed E-state index contributed by atoms with van der Waals surface area (Å²) in [4.78, 5) is 72.0. The second-order valence-corrected chi connectivity index (χ2v) is 28.6. The molecule has 8 heterocycles. The molecule has 1 unspecified atom stereocenters. The van der Waals surface area contributed by atoms with Gasteiger partial charge in [0.25, 0.3) is 0 Å². The predicted octanol–water partition coefficient (Wildman–Crippen LogP) is 12.9. The summed E-state index contributed by atoms with van der Waals surface area (Å²) >= 11 is 24.7. The maximum Gasteiger partial charge on any atom is 0.307 e. The molecule has 4 saturated carbocycles. The van der Waals surface area contributed by atoms with E-state index in [2.05, 4.69) is 58.3 Å². The minimum atomic E-state index is -1.31. The molecule has 2 amide bonds. The van der Waals surface area contributed by atoms with Crippen molar-refractivity contribution in [2.24, 2.45) is 45.1 Å². The number of carboxylic acids is 1. The molecule has 12 atom stereocenters. The number of nitrogens with zero attached hydrogens (tertiary/aromatic N) is 4. The maximum atomic E-state index is 16.0. The van der Waals surface area contributed by atoms with Crippen LogP contribution in [0.25, 0.3) is 0 Å². The van der Waals surface area contributed by atoms with E-state index < -0.39 is 69.0 Å². The summed E-state index contributed by atoms with van der Waals surface area (Å²) in [5.74, 6) is -6.50. The SMILES string of the molecule is CC1(C)CCC2(CC1)C[C@@H](C(=O)O)[C@H](c1ccnc(Cl)c1F)C21C(=O)Nc2cc(Cl)ncc21.C[C@@H](O)[C@@H]1CC[C@@H](CC(=O)[C@@H]2CC3(CCC(C)(C)CC3)[C@@]3(C(=O)Nc4cc(Cl)ncc43)[C@H]2c2ccnc(Cl)c2F)CO1.C[C@@H](O)[C@@H]1CC[C@@H](N)CO1.Cl.Cl. The predicted molar refractivity (Wildman–Crippen MR) is 333 cm³/mol. The Balaban J connectivity index is 0.000000194. The standard InChI is InChI=1S/C32H38Cl2FN3O4.C24H24Cl2FN3O3.C7H15NO2.2ClH/c1-17(39)24-5-4-18(16-42-24)12-23(40)20-14-31(9-7-30(2,3)8-10-31)32(26(20)19-6-11-36-28(34)27(19)35)21-15-37-25(33)13-22(21)38-29(32)41;1-22(2)4-6-23(7-5-22)10-13(20(31)32)17(12-3-8-28-19(26)18(12)27)24(23)14-11-29-16(25)9-15(14)30-21(24)33;1-5(9)7-3-2-6(8)4-10-7;;/h6,11,13,15,17-18,20,24,26,39H,4-5,7-10,12,14,16H2,1-3H3,(H,38,41);3,8-9,11,13,17H,4-7,10H2,1-2H3,(H,30,33)(H,31,32);5-7,9H,2-4,8H2,1H3;2*1H/t17-,18+,20+,24+,26+,32-;13-,17+,24?;5-,6-,7+;;/m111../s1. The van der Waals surface area contributed by atoms with Crippen molar-refractivity contribution in [3.05, 3.63) is 104 Å². The smallest absolute Gasteiger partial charge is 0.307 e. The largest absolute Gasteiger partial charge is 0.481 e. The number of halogens is 8. The lowest BCUT2D eigenvalue weighted by atomic mass is 9.51. The molecule has 12 rings (SSSR count). The zero-order valence-corrected chi connectivity index (χ0v) is 54.3. The number of aromatic nitrogens is 4. The number of Topliss-reactive ketones (excluding diaryl/α,β-unsaturated/α-hetero) is 1. The highest BCUT2D eigenvalue weighted by molar-refractivity contribution is 6.31. The van der Waals surface area contributed by atoms with Crippen molar-refractivity contribution in [3.8, 4) is 0 Å². The van der Waals surface area contributed by atoms with E-state index in [1.165, 1.54) is 18.5 Å². The molecular formula is C63H79Cl6F2N7O9. The van der Waals surface area contributed by atoms with E-state index >= 15 is 8.78 Å². The summed E-state index contributed by atoms with van der Waals surface area (Å²) in [5, 5.41) is 35.2. The van der Waals surface area contributed by atoms with Gasteiger partial charge in [-0.2, -0.15) is 0 Å². The van der Waals surface area contributed by atoms with Gasteiger partial charge in [0.2, 0.25) is 11.8 Å². The molecular weight excluding hydrogens is 1250 g/mol. The number of carboxylic acid groups (broad SMARTS) is 1. The first-order valence-electron chi connectivity index (χ1n) is 29.8. The molecule has 0 bridgehead atoms. The van der Waals surface area contributed by atoms with Gasteiger partial charge in [-0.15, -0.1) is 24.8 Å². The summed E-state index contributed by atoms with van der Waals surface area (Å²) in [6.45, 7) is 13.3. The fourth-order valence-electron chi connectivity index (χ4n) is 16.5. The number of rotatable bonds is 8. The first kappa shape index (κ1) is 69.0. The summed E-state index contributed by atoms with van der Waals surface area (Å²) < 4.78 is 42.6. The van der Waals surface area contributed by atoms with E-state index in [4.69, 9.17) is 66.7 Å². The fourth-order valence-corrected chi connectivity index (χ4v) is 17.1. The van der Waals surface area contributed by atoms with Gasteiger partial charge in [-0.05, 0) is 167 Å². The summed E-state index contributed by atoms with van der Waals surface area (Å²) in [6, 6.07) is 6.42. The second-order valence-electron chi connectivity index (χ2n) is 27.1. The average Bonchev–Trinajstić information content (AvgIpc) is 1.53. The van der Waals surface area contributed by atoms with E-state index in [9.17, 15) is 29.4 Å². The average molecular weight is 1330 g/mol. The molecule has 0 radical (unpaired) electrons. The van der Waals surface area contributed by atoms with Gasteiger partial charge < -0.3 is 41.2 Å². The number of carbonyl (C=O) groups excluding carboxylic acids is 3. The van der Waals surface area contributed by atoms with Crippen LogP contribution in [0.5, 0.6) is 0 Å². The number of aliphatic carboxylic acids is 1. The van der Waals surface area contributed by atoms with Crippen LogP contribution in [0, 0.1) is 51.0 Å². The first-order valence-corrected chi connectivity index (χ1v) is 31.3. The minimum absolute atomic E-state index is 0. The third-order valence-electron chi connectivity index (χ3n) is 21.0. The van der Waals surface area contributed by atoms with E-state index in [0.717, 1.165) is 57.8 Å². The number of anilines is 2. The highest BCUT2D eigenvalue weighted by atomic mass is 35.5. The molecule has 0 aromatic carbocycles. The lowest BCUT2D eigenvalue weighted by Gasteiger charge is -2.50. The number of fused-ring (bicyclic) bond motifs is 6. The number of amides is 2. The Bertz CT molecular complexity index is 3220. The number of hydrogen-bond acceptors (Lipinski definition) is 13. The van der Waals surface area contributed by atoms with Crippen molar-refractivity contribution < 1.29 is 52.8 Å². The topological polar surface area (TPSA) is 249 Å². The Morgan fingerprint density at radius 3 is 1.46 bits per heavy atom. The van der Waals surface area contributed by atoms with Crippen molar-refractivity contribution in [1.29, 1.82) is 0 Å². The lowest BCUT2D eigenvalue weighted by Crippen LogP contribution is -2.52. The number of hydrogen-bond donors (Lipinski definition) is 6. The van der Waals surface area contributed by atoms with Crippen LogP contribution in [0.3, 0.4) is 0 Å². The number of pyridine rings is 4. The normalized spacial score (nSPS) is 30.9. The number of aliphatic hydroxyl groups excluding tert-OH is 2. The van der Waals surface area contributed by atoms with Gasteiger partial charge in [-0.25, -0.2) is 28.7 Å². The van der Waals surface area contributed by atoms with Crippen molar-refractivity contribution in [2.75, 3.05) is 23.8 Å². The van der Waals surface area contributed by atoms with Crippen molar-refractivity contribution in [3.63, 3.8) is 0 Å². The third kappa shape index (κ3) is 12.4. The van der Waals surface area contributed by atoms with E-state index in [1.54, 1.807) is 44.4 Å². The van der Waals surface area contributed by atoms with Crippen LogP contribution in [-0.2, 0) is 39.5 Å². The Kier molecular flexibility index (Phi) is 20.9. The molecule has 476 valence electrons. The van der Waals surface area contributed by atoms with E-state index in [1.807, 2.05) is 0 Å². The molecule has 87 heavy (non-hydrogen) atoms. The summed E-state index contributed by atoms with van der Waals surface area (Å²) in [5.41, 5.74) is 4.58. The van der Waals surface area contributed by atoms with Crippen LogP contribution in [0.1, 0.15) is 172 Å². The lowest BCUT2D eigenvalue weighted by molar-refractivity contribution is -0.142. The van der Waals surface area contributed by atoms with Gasteiger partial charge in [0.1, 0.15) is 16.1 Å². The quantitative estimate of drug-likeness (QED) is 0.0898. The zero-order valence-electron chi connectivity index (χ0n) is 49.7. The van der Waals surface area contributed by atoms with Crippen LogP contribution >= 0.6 is 71.2 Å². The van der Waals surface area contributed by atoms with Crippen LogP contribution in [-0.4, -0.2) is 102 Å². The highest BCUT2D eigenvalue weighted by Gasteiger charge is 2.74. The number of aliphatic hydroxyl groups is 2. The third-order valence-corrected chi connectivity index (χ3v) is 22.0. The summed E-state index contributed by atoms with van der Waals surface area (Å²) in [7, 11) is 0. The molecule has 7 N–H and O–H groups in total. The van der Waals surface area contributed by atoms with Crippen molar-refractivity contribution in [2.45, 2.75) is 191 Å². The summed E-state index contributed by atoms with van der Waals surface area (Å²) in [6.07, 6.45) is 15.3. The van der Waals surface area contributed by atoms with Gasteiger partial charge >= 0.3 is 5.97 Å². The van der Waals surface area contributed by atoms with Gasteiger partial charge in [-0.1, -0.05) is 74.1 Å². The van der Waals surface area contributed by atoms with Gasteiger partial charge in [0, 0.05) is 77.5 Å². The minimum Gasteiger partial charge on any atom is -0.481 e. The van der Waals surface area contributed by atoms with Crippen LogP contribution in [0.15, 0.2) is 49.1 Å².